The number of para-hydroxylation sites is 1. The Balaban J connectivity index is 2.21. The summed E-state index contributed by atoms with van der Waals surface area (Å²) in [7, 11) is 0. The summed E-state index contributed by atoms with van der Waals surface area (Å²) in [4.78, 5) is 0. The van der Waals surface area contributed by atoms with Crippen molar-refractivity contribution in [3.63, 3.8) is 0 Å². The van der Waals surface area contributed by atoms with E-state index in [4.69, 9.17) is 21.1 Å². The van der Waals surface area contributed by atoms with Crippen LogP contribution in [0.5, 0.6) is 5.75 Å². The van der Waals surface area contributed by atoms with E-state index < -0.39 is 0 Å². The second-order valence-corrected chi connectivity index (χ2v) is 3.81. The van der Waals surface area contributed by atoms with Gasteiger partial charge in [-0.3, -0.25) is 0 Å². The van der Waals surface area contributed by atoms with Crippen LogP contribution >= 0.6 is 27.5 Å². The molecule has 1 aromatic rings. The monoisotopic (exact) mass is 278 g/mol. The molecule has 0 atom stereocenters. The number of rotatable bonds is 6. The summed E-state index contributed by atoms with van der Waals surface area (Å²) in [6.45, 7) is 1.68. The van der Waals surface area contributed by atoms with E-state index in [1.807, 2.05) is 24.3 Å². The molecule has 0 aliphatic carbocycles. The van der Waals surface area contributed by atoms with Crippen molar-refractivity contribution in [2.45, 2.75) is 0 Å². The van der Waals surface area contributed by atoms with E-state index in [9.17, 15) is 0 Å². The van der Waals surface area contributed by atoms with Crippen LogP contribution < -0.4 is 4.74 Å². The molecule has 2 nitrogen and oxygen atoms in total. The minimum absolute atomic E-state index is 0.523. The van der Waals surface area contributed by atoms with Crippen LogP contribution in [0.3, 0.4) is 0 Å². The van der Waals surface area contributed by atoms with Crippen LogP contribution in [0.2, 0.25) is 0 Å². The molecule has 0 radical (unpaired) electrons. The van der Waals surface area contributed by atoms with Gasteiger partial charge in [-0.05, 0) is 28.1 Å². The Morgan fingerprint density at radius 2 is 1.93 bits per heavy atom. The average Bonchev–Trinajstić information content (AvgIpc) is 2.20. The number of alkyl halides is 1. The lowest BCUT2D eigenvalue weighted by atomic mass is 10.3. The van der Waals surface area contributed by atoms with Gasteiger partial charge in [-0.1, -0.05) is 12.1 Å². The fourth-order valence-electron chi connectivity index (χ4n) is 0.929. The van der Waals surface area contributed by atoms with E-state index in [0.29, 0.717) is 25.7 Å². The molecule has 0 saturated carbocycles. The van der Waals surface area contributed by atoms with Gasteiger partial charge in [-0.15, -0.1) is 11.6 Å². The van der Waals surface area contributed by atoms with E-state index in [1.54, 1.807) is 0 Å². The molecule has 1 aromatic carbocycles. The molecule has 0 amide bonds. The standard InChI is InChI=1S/C10H12BrClO2/c11-9-3-1-2-4-10(9)14-8-7-13-6-5-12/h1-4H,5-8H2. The Hall–Kier alpha value is -0.250. The molecule has 0 heterocycles. The molecule has 0 fully saturated rings. The Bertz CT molecular complexity index is 268. The summed E-state index contributed by atoms with van der Waals surface area (Å²) in [6.07, 6.45) is 0. The van der Waals surface area contributed by atoms with Crippen LogP contribution in [0.25, 0.3) is 0 Å². The molecular formula is C10H12BrClO2. The third-order valence-electron chi connectivity index (χ3n) is 1.54. The first-order valence-electron chi connectivity index (χ1n) is 4.35. The molecular weight excluding hydrogens is 267 g/mol. The van der Waals surface area contributed by atoms with E-state index in [-0.39, 0.29) is 0 Å². The highest BCUT2D eigenvalue weighted by molar-refractivity contribution is 9.10. The molecule has 1 rings (SSSR count). The van der Waals surface area contributed by atoms with E-state index in [1.165, 1.54) is 0 Å². The van der Waals surface area contributed by atoms with Gasteiger partial charge >= 0.3 is 0 Å². The Morgan fingerprint density at radius 3 is 2.64 bits per heavy atom. The van der Waals surface area contributed by atoms with Crippen molar-refractivity contribution in [2.24, 2.45) is 0 Å². The maximum absolute atomic E-state index is 5.47. The molecule has 0 spiro atoms. The van der Waals surface area contributed by atoms with Crippen LogP contribution in [0.1, 0.15) is 0 Å². The molecule has 14 heavy (non-hydrogen) atoms. The van der Waals surface area contributed by atoms with E-state index in [0.717, 1.165) is 10.2 Å². The summed E-state index contributed by atoms with van der Waals surface area (Å²) in [6, 6.07) is 7.72. The molecule has 4 heteroatoms. The van der Waals surface area contributed by atoms with Gasteiger partial charge in [0.1, 0.15) is 12.4 Å². The van der Waals surface area contributed by atoms with Crippen molar-refractivity contribution in [3.8, 4) is 5.75 Å². The van der Waals surface area contributed by atoms with Crippen LogP contribution in [0.4, 0.5) is 0 Å². The normalized spacial score (nSPS) is 10.1. The summed E-state index contributed by atoms with van der Waals surface area (Å²) in [5.74, 6) is 1.36. The zero-order valence-electron chi connectivity index (χ0n) is 7.71. The molecule has 0 N–H and O–H groups in total. The zero-order valence-corrected chi connectivity index (χ0v) is 10.1. The lowest BCUT2D eigenvalue weighted by Crippen LogP contribution is -2.08. The quantitative estimate of drug-likeness (QED) is 0.588. The maximum atomic E-state index is 5.47. The smallest absolute Gasteiger partial charge is 0.133 e. The number of hydrogen-bond donors (Lipinski definition) is 0. The first-order valence-corrected chi connectivity index (χ1v) is 5.68. The second-order valence-electron chi connectivity index (χ2n) is 2.58. The highest BCUT2D eigenvalue weighted by atomic mass is 79.9. The minimum Gasteiger partial charge on any atom is -0.490 e. The highest BCUT2D eigenvalue weighted by Gasteiger charge is 1.97. The predicted octanol–water partition coefficient (Wildman–Crippen LogP) is 3.08. The number of halogens is 2. The zero-order chi connectivity index (χ0) is 10.2. The Labute approximate surface area is 97.3 Å². The molecule has 0 bridgehead atoms. The van der Waals surface area contributed by atoms with Gasteiger partial charge in [0, 0.05) is 5.88 Å². The average molecular weight is 280 g/mol. The first kappa shape index (κ1) is 11.8. The lowest BCUT2D eigenvalue weighted by Gasteiger charge is -2.07. The third-order valence-corrected chi connectivity index (χ3v) is 2.35. The van der Waals surface area contributed by atoms with Gasteiger partial charge in [-0.25, -0.2) is 0 Å². The summed E-state index contributed by atoms with van der Waals surface area (Å²) < 4.78 is 11.6. The predicted molar refractivity (Wildman–Crippen MR) is 61.2 cm³/mol. The first-order chi connectivity index (χ1) is 6.84. The van der Waals surface area contributed by atoms with Gasteiger partial charge < -0.3 is 9.47 Å². The topological polar surface area (TPSA) is 18.5 Å². The molecule has 0 unspecified atom stereocenters. The highest BCUT2D eigenvalue weighted by Crippen LogP contribution is 2.23. The third kappa shape index (κ3) is 4.31. The number of hydrogen-bond acceptors (Lipinski definition) is 2. The van der Waals surface area contributed by atoms with Gasteiger partial charge in [-0.2, -0.15) is 0 Å². The van der Waals surface area contributed by atoms with Crippen molar-refractivity contribution in [2.75, 3.05) is 25.7 Å². The van der Waals surface area contributed by atoms with Crippen LogP contribution in [0, 0.1) is 0 Å². The van der Waals surface area contributed by atoms with Crippen molar-refractivity contribution in [1.82, 2.24) is 0 Å². The molecule has 0 aliphatic rings. The van der Waals surface area contributed by atoms with E-state index in [2.05, 4.69) is 15.9 Å². The fourth-order valence-corrected chi connectivity index (χ4v) is 1.44. The number of benzene rings is 1. The van der Waals surface area contributed by atoms with Crippen molar-refractivity contribution in [1.29, 1.82) is 0 Å². The molecule has 78 valence electrons. The Kier molecular flexibility index (Phi) is 5.99. The summed E-state index contributed by atoms with van der Waals surface area (Å²) in [5.41, 5.74) is 0. The number of ether oxygens (including phenoxy) is 2. The fraction of sp³-hybridized carbons (Fsp3) is 0.400. The summed E-state index contributed by atoms with van der Waals surface area (Å²) in [5, 5.41) is 0. The SMILES string of the molecule is ClCCOCCOc1ccccc1Br. The Morgan fingerprint density at radius 1 is 1.14 bits per heavy atom. The largest absolute Gasteiger partial charge is 0.490 e. The summed E-state index contributed by atoms with van der Waals surface area (Å²) >= 11 is 8.84. The van der Waals surface area contributed by atoms with Gasteiger partial charge in [0.2, 0.25) is 0 Å². The van der Waals surface area contributed by atoms with Gasteiger partial charge in [0.15, 0.2) is 0 Å². The van der Waals surface area contributed by atoms with Gasteiger partial charge in [0.05, 0.1) is 17.7 Å². The molecule has 0 aromatic heterocycles. The van der Waals surface area contributed by atoms with Crippen molar-refractivity contribution < 1.29 is 9.47 Å². The van der Waals surface area contributed by atoms with Crippen LogP contribution in [-0.2, 0) is 4.74 Å². The van der Waals surface area contributed by atoms with Gasteiger partial charge in [0.25, 0.3) is 0 Å². The van der Waals surface area contributed by atoms with Crippen LogP contribution in [-0.4, -0.2) is 25.7 Å². The van der Waals surface area contributed by atoms with Crippen molar-refractivity contribution in [3.05, 3.63) is 28.7 Å². The lowest BCUT2D eigenvalue weighted by molar-refractivity contribution is 0.111. The minimum atomic E-state index is 0.523. The maximum Gasteiger partial charge on any atom is 0.133 e. The second kappa shape index (κ2) is 7.10. The molecule has 0 saturated heterocycles. The van der Waals surface area contributed by atoms with Crippen molar-refractivity contribution >= 4 is 27.5 Å². The van der Waals surface area contributed by atoms with Crippen LogP contribution in [0.15, 0.2) is 28.7 Å². The van der Waals surface area contributed by atoms with E-state index >= 15 is 0 Å². The molecule has 0 aliphatic heterocycles.